The van der Waals surface area contributed by atoms with Gasteiger partial charge in [0, 0.05) is 44.8 Å². The summed E-state index contributed by atoms with van der Waals surface area (Å²) in [5, 5.41) is 0. The standard InChI is InChI=1S/C21H30N4O4/c1-14(2)17-8-7-16(19(27)22-17)21(29)24-10-5-9-23(12-13-24)20(28)15(3)25-11-4-6-18(25)26/h7-8,14-15H,4-6,9-13H2,1-3H3,(H,22,27). The molecule has 0 saturated carbocycles. The molecule has 2 aliphatic heterocycles. The average molecular weight is 402 g/mol. The first-order valence-electron chi connectivity index (χ1n) is 10.4. The molecule has 1 aromatic heterocycles. The molecular weight excluding hydrogens is 372 g/mol. The van der Waals surface area contributed by atoms with E-state index >= 15 is 0 Å². The van der Waals surface area contributed by atoms with Gasteiger partial charge in [-0.3, -0.25) is 19.2 Å². The van der Waals surface area contributed by atoms with Gasteiger partial charge in [-0.05, 0) is 37.8 Å². The Kier molecular flexibility index (Phi) is 6.39. The minimum atomic E-state index is -0.473. The molecule has 158 valence electrons. The zero-order valence-electron chi connectivity index (χ0n) is 17.4. The van der Waals surface area contributed by atoms with Crippen LogP contribution in [0.25, 0.3) is 0 Å². The number of likely N-dealkylation sites (tertiary alicyclic amines) is 1. The van der Waals surface area contributed by atoms with E-state index in [1.54, 1.807) is 33.8 Å². The van der Waals surface area contributed by atoms with Crippen LogP contribution in [-0.4, -0.2) is 76.2 Å². The number of hydrogen-bond acceptors (Lipinski definition) is 4. The number of carbonyl (C=O) groups excluding carboxylic acids is 3. The van der Waals surface area contributed by atoms with Gasteiger partial charge in [-0.2, -0.15) is 0 Å². The van der Waals surface area contributed by atoms with Crippen LogP contribution in [0, 0.1) is 0 Å². The van der Waals surface area contributed by atoms with E-state index in [0.29, 0.717) is 45.6 Å². The van der Waals surface area contributed by atoms with E-state index in [0.717, 1.165) is 12.1 Å². The number of carbonyl (C=O) groups is 3. The molecule has 1 unspecified atom stereocenters. The van der Waals surface area contributed by atoms with Crippen LogP contribution in [0.3, 0.4) is 0 Å². The number of nitrogens with zero attached hydrogens (tertiary/aromatic N) is 3. The van der Waals surface area contributed by atoms with Crippen molar-refractivity contribution in [2.45, 2.75) is 52.0 Å². The van der Waals surface area contributed by atoms with Crippen molar-refractivity contribution in [1.29, 1.82) is 0 Å². The van der Waals surface area contributed by atoms with E-state index in [1.165, 1.54) is 0 Å². The SMILES string of the molecule is CC(C)c1ccc(C(=O)N2CCCN(C(=O)C(C)N3CCCC3=O)CC2)c(=O)[nH]1. The Balaban J connectivity index is 1.65. The smallest absolute Gasteiger partial charge is 0.261 e. The number of pyridine rings is 1. The molecule has 8 nitrogen and oxygen atoms in total. The Morgan fingerprint density at radius 3 is 2.24 bits per heavy atom. The molecule has 29 heavy (non-hydrogen) atoms. The second-order valence-corrected chi connectivity index (χ2v) is 8.15. The molecule has 1 N–H and O–H groups in total. The molecule has 2 fully saturated rings. The van der Waals surface area contributed by atoms with Crippen LogP contribution in [0.1, 0.15) is 62.0 Å². The maximum atomic E-state index is 12.9. The quantitative estimate of drug-likeness (QED) is 0.818. The normalized spacial score (nSPS) is 18.9. The molecule has 0 radical (unpaired) electrons. The molecule has 8 heteroatoms. The Morgan fingerprint density at radius 1 is 0.931 bits per heavy atom. The van der Waals surface area contributed by atoms with Crippen molar-refractivity contribution in [1.82, 2.24) is 19.7 Å². The monoisotopic (exact) mass is 402 g/mol. The number of H-pyrrole nitrogens is 1. The van der Waals surface area contributed by atoms with E-state index in [2.05, 4.69) is 4.98 Å². The number of aromatic amines is 1. The van der Waals surface area contributed by atoms with Crippen molar-refractivity contribution in [3.8, 4) is 0 Å². The van der Waals surface area contributed by atoms with Crippen LogP contribution in [0.2, 0.25) is 0 Å². The van der Waals surface area contributed by atoms with Crippen LogP contribution in [-0.2, 0) is 9.59 Å². The molecule has 0 aromatic carbocycles. The first-order chi connectivity index (χ1) is 13.8. The van der Waals surface area contributed by atoms with Crippen molar-refractivity contribution >= 4 is 17.7 Å². The van der Waals surface area contributed by atoms with Crippen molar-refractivity contribution in [3.63, 3.8) is 0 Å². The van der Waals surface area contributed by atoms with Gasteiger partial charge in [-0.15, -0.1) is 0 Å². The second kappa shape index (κ2) is 8.80. The zero-order chi connectivity index (χ0) is 21.1. The highest BCUT2D eigenvalue weighted by atomic mass is 16.2. The highest BCUT2D eigenvalue weighted by Crippen LogP contribution is 2.17. The van der Waals surface area contributed by atoms with E-state index in [4.69, 9.17) is 0 Å². The Bertz CT molecular complexity index is 847. The summed E-state index contributed by atoms with van der Waals surface area (Å²) >= 11 is 0. The lowest BCUT2D eigenvalue weighted by Gasteiger charge is -2.29. The van der Waals surface area contributed by atoms with Gasteiger partial charge in [-0.1, -0.05) is 13.8 Å². The summed E-state index contributed by atoms with van der Waals surface area (Å²) in [4.78, 5) is 57.8. The number of nitrogens with one attached hydrogen (secondary N) is 1. The van der Waals surface area contributed by atoms with Gasteiger partial charge in [-0.25, -0.2) is 0 Å². The van der Waals surface area contributed by atoms with E-state index in [9.17, 15) is 19.2 Å². The predicted molar refractivity (Wildman–Crippen MR) is 109 cm³/mol. The fourth-order valence-electron chi connectivity index (χ4n) is 3.98. The van der Waals surface area contributed by atoms with Gasteiger partial charge in [0.2, 0.25) is 11.8 Å². The number of amides is 3. The zero-order valence-corrected chi connectivity index (χ0v) is 17.4. The molecule has 3 rings (SSSR count). The topological polar surface area (TPSA) is 93.8 Å². The molecule has 1 aromatic rings. The highest BCUT2D eigenvalue weighted by molar-refractivity contribution is 5.94. The first kappa shape index (κ1) is 21.1. The van der Waals surface area contributed by atoms with Crippen LogP contribution in [0.4, 0.5) is 0 Å². The molecule has 2 aliphatic rings. The molecular formula is C21H30N4O4. The van der Waals surface area contributed by atoms with E-state index < -0.39 is 6.04 Å². The predicted octanol–water partition coefficient (Wildman–Crippen LogP) is 1.18. The van der Waals surface area contributed by atoms with Crippen LogP contribution in [0.15, 0.2) is 16.9 Å². The fraction of sp³-hybridized carbons (Fsp3) is 0.619. The van der Waals surface area contributed by atoms with Gasteiger partial charge >= 0.3 is 0 Å². The fourth-order valence-corrected chi connectivity index (χ4v) is 3.98. The van der Waals surface area contributed by atoms with E-state index in [1.807, 2.05) is 13.8 Å². The lowest BCUT2D eigenvalue weighted by Crippen LogP contribution is -2.48. The maximum Gasteiger partial charge on any atom is 0.261 e. The van der Waals surface area contributed by atoms with Crippen molar-refractivity contribution in [3.05, 3.63) is 33.7 Å². The van der Waals surface area contributed by atoms with E-state index in [-0.39, 0.29) is 34.8 Å². The molecule has 0 aliphatic carbocycles. The maximum absolute atomic E-state index is 12.9. The molecule has 3 amide bonds. The Labute approximate surface area is 170 Å². The lowest BCUT2D eigenvalue weighted by atomic mass is 10.1. The summed E-state index contributed by atoms with van der Waals surface area (Å²) in [6, 6.07) is 2.89. The van der Waals surface area contributed by atoms with Crippen molar-refractivity contribution in [2.75, 3.05) is 32.7 Å². The molecule has 0 spiro atoms. The largest absolute Gasteiger partial charge is 0.339 e. The number of aromatic nitrogens is 1. The summed E-state index contributed by atoms with van der Waals surface area (Å²) in [6.45, 7) is 8.15. The summed E-state index contributed by atoms with van der Waals surface area (Å²) < 4.78 is 0. The van der Waals surface area contributed by atoms with Gasteiger partial charge < -0.3 is 19.7 Å². The van der Waals surface area contributed by atoms with Crippen LogP contribution < -0.4 is 5.56 Å². The summed E-state index contributed by atoms with van der Waals surface area (Å²) in [5.74, 6) is -0.178. The summed E-state index contributed by atoms with van der Waals surface area (Å²) in [6.07, 6.45) is 1.94. The van der Waals surface area contributed by atoms with Crippen LogP contribution in [0.5, 0.6) is 0 Å². The number of rotatable bonds is 4. The third-order valence-corrected chi connectivity index (χ3v) is 5.81. The third kappa shape index (κ3) is 4.52. The lowest BCUT2D eigenvalue weighted by molar-refractivity contribution is -0.142. The van der Waals surface area contributed by atoms with Crippen molar-refractivity contribution < 1.29 is 14.4 Å². The molecule has 2 saturated heterocycles. The summed E-state index contributed by atoms with van der Waals surface area (Å²) in [7, 11) is 0. The summed E-state index contributed by atoms with van der Waals surface area (Å²) in [5.41, 5.74) is 0.550. The highest BCUT2D eigenvalue weighted by Gasteiger charge is 2.33. The minimum absolute atomic E-state index is 0.0292. The van der Waals surface area contributed by atoms with Gasteiger partial charge in [0.05, 0.1) is 0 Å². The third-order valence-electron chi connectivity index (χ3n) is 5.81. The van der Waals surface area contributed by atoms with Gasteiger partial charge in [0.15, 0.2) is 0 Å². The Morgan fingerprint density at radius 2 is 1.62 bits per heavy atom. The minimum Gasteiger partial charge on any atom is -0.339 e. The average Bonchev–Trinajstić information content (AvgIpc) is 2.97. The number of hydrogen-bond donors (Lipinski definition) is 1. The second-order valence-electron chi connectivity index (χ2n) is 8.15. The molecule has 1 atom stereocenters. The van der Waals surface area contributed by atoms with Gasteiger partial charge in [0.25, 0.3) is 11.5 Å². The molecule has 0 bridgehead atoms. The van der Waals surface area contributed by atoms with Gasteiger partial charge in [0.1, 0.15) is 11.6 Å². The molecule has 3 heterocycles. The first-order valence-corrected chi connectivity index (χ1v) is 10.4. The Hall–Kier alpha value is -2.64. The van der Waals surface area contributed by atoms with Crippen LogP contribution >= 0.6 is 0 Å². The van der Waals surface area contributed by atoms with Crippen molar-refractivity contribution in [2.24, 2.45) is 0 Å².